The van der Waals surface area contributed by atoms with Gasteiger partial charge in [-0.3, -0.25) is 13.6 Å². The van der Waals surface area contributed by atoms with E-state index in [9.17, 15) is 8.63 Å². The standard InChI is InChI=1S/C25H27BF2N2/c1-16-19-12-6-8-14-21(19)24(29-16)23(18-10-4-3-5-11-18)25-22-15-9-7-13-20(22)17(2)30(25)26(27)28/h3-5,10-11H,6-9,12-15H2,1-2H3/b24-23-. The molecule has 0 saturated carbocycles. The van der Waals surface area contributed by atoms with Gasteiger partial charge in [-0.1, -0.05) is 30.3 Å². The zero-order valence-corrected chi connectivity index (χ0v) is 17.8. The van der Waals surface area contributed by atoms with E-state index < -0.39 is 7.40 Å². The number of hydrogen-bond acceptors (Lipinski definition) is 1. The van der Waals surface area contributed by atoms with Crippen molar-refractivity contribution in [1.82, 2.24) is 4.48 Å². The second-order valence-electron chi connectivity index (χ2n) is 8.70. The Morgan fingerprint density at radius 3 is 2.20 bits per heavy atom. The van der Waals surface area contributed by atoms with Crippen LogP contribution in [0.2, 0.25) is 0 Å². The Hall–Kier alpha value is -2.43. The largest absolute Gasteiger partial charge is 0.677 e. The number of benzene rings is 1. The number of rotatable bonds is 3. The summed E-state index contributed by atoms with van der Waals surface area (Å²) in [5, 5.41) is 0. The Morgan fingerprint density at radius 1 is 0.867 bits per heavy atom. The summed E-state index contributed by atoms with van der Waals surface area (Å²) in [5.41, 5.74) is 10.2. The van der Waals surface area contributed by atoms with Gasteiger partial charge in [-0.25, -0.2) is 0 Å². The van der Waals surface area contributed by atoms with E-state index in [0.29, 0.717) is 5.69 Å². The monoisotopic (exact) mass is 404 g/mol. The molecule has 0 amide bonds. The SMILES string of the molecule is CC1=N/C(=C(/c2ccccc2)c2c3c(c(C)n2B(F)F)CCCC3)C2=C1CCCC2. The summed E-state index contributed by atoms with van der Waals surface area (Å²) < 4.78 is 30.2. The van der Waals surface area contributed by atoms with Crippen LogP contribution in [0.5, 0.6) is 0 Å². The van der Waals surface area contributed by atoms with Crippen molar-refractivity contribution in [2.24, 2.45) is 4.99 Å². The van der Waals surface area contributed by atoms with E-state index in [2.05, 4.69) is 6.92 Å². The van der Waals surface area contributed by atoms with Gasteiger partial charge in [0.1, 0.15) is 0 Å². The minimum absolute atomic E-state index is 0.703. The van der Waals surface area contributed by atoms with Gasteiger partial charge in [-0.05, 0) is 93.1 Å². The van der Waals surface area contributed by atoms with Crippen molar-refractivity contribution in [3.05, 3.63) is 75.3 Å². The molecule has 30 heavy (non-hydrogen) atoms. The van der Waals surface area contributed by atoms with Crippen molar-refractivity contribution >= 4 is 18.7 Å². The van der Waals surface area contributed by atoms with Gasteiger partial charge in [0.05, 0.1) is 5.70 Å². The molecule has 0 radical (unpaired) electrons. The highest BCUT2D eigenvalue weighted by Gasteiger charge is 2.35. The predicted octanol–water partition coefficient (Wildman–Crippen LogP) is 6.55. The predicted molar refractivity (Wildman–Crippen MR) is 120 cm³/mol. The van der Waals surface area contributed by atoms with E-state index in [1.807, 2.05) is 37.3 Å². The highest BCUT2D eigenvalue weighted by molar-refractivity contribution is 6.41. The molecule has 1 aromatic carbocycles. The number of fused-ring (bicyclic) bond motifs is 1. The van der Waals surface area contributed by atoms with Crippen molar-refractivity contribution in [2.75, 3.05) is 0 Å². The summed E-state index contributed by atoms with van der Waals surface area (Å²) in [6.45, 7) is 3.94. The maximum Gasteiger partial charge on any atom is 0.677 e. The van der Waals surface area contributed by atoms with Crippen LogP contribution in [0.15, 0.2) is 52.2 Å². The zero-order chi connectivity index (χ0) is 20.8. The van der Waals surface area contributed by atoms with Gasteiger partial charge in [0.25, 0.3) is 0 Å². The van der Waals surface area contributed by atoms with Crippen molar-refractivity contribution in [3.8, 4) is 0 Å². The second kappa shape index (κ2) is 7.68. The van der Waals surface area contributed by atoms with E-state index in [1.165, 1.54) is 22.0 Å². The molecular weight excluding hydrogens is 377 g/mol. The molecule has 0 fully saturated rings. The fourth-order valence-electron chi connectivity index (χ4n) is 5.61. The Labute approximate surface area is 177 Å². The van der Waals surface area contributed by atoms with E-state index >= 15 is 0 Å². The van der Waals surface area contributed by atoms with Gasteiger partial charge in [-0.2, -0.15) is 0 Å². The summed E-state index contributed by atoms with van der Waals surface area (Å²) in [4.78, 5) is 5.01. The first kappa shape index (κ1) is 19.5. The van der Waals surface area contributed by atoms with Crippen LogP contribution in [0.25, 0.3) is 5.57 Å². The fourth-order valence-corrected chi connectivity index (χ4v) is 5.61. The molecule has 5 rings (SSSR count). The quantitative estimate of drug-likeness (QED) is 0.516. The lowest BCUT2D eigenvalue weighted by Gasteiger charge is -2.21. The van der Waals surface area contributed by atoms with Gasteiger partial charge in [-0.15, -0.1) is 0 Å². The van der Waals surface area contributed by atoms with Crippen LogP contribution in [-0.4, -0.2) is 17.6 Å². The molecule has 0 N–H and O–H groups in total. The molecule has 0 bridgehead atoms. The van der Waals surface area contributed by atoms with Gasteiger partial charge in [0.15, 0.2) is 0 Å². The van der Waals surface area contributed by atoms with E-state index in [1.54, 1.807) is 0 Å². The first-order valence-electron chi connectivity index (χ1n) is 11.2. The summed E-state index contributed by atoms with van der Waals surface area (Å²) >= 11 is 0. The van der Waals surface area contributed by atoms with Crippen molar-refractivity contribution in [1.29, 1.82) is 0 Å². The highest BCUT2D eigenvalue weighted by atomic mass is 19.2. The lowest BCUT2D eigenvalue weighted by molar-refractivity contribution is 0.623. The molecule has 2 aromatic rings. The number of hydrogen-bond donors (Lipinski definition) is 0. The normalized spacial score (nSPS) is 20.1. The number of halogens is 2. The lowest BCUT2D eigenvalue weighted by Crippen LogP contribution is -2.19. The van der Waals surface area contributed by atoms with Crippen LogP contribution < -0.4 is 0 Å². The third kappa shape index (κ3) is 3.01. The third-order valence-electron chi connectivity index (χ3n) is 6.99. The van der Waals surface area contributed by atoms with Crippen LogP contribution in [0.1, 0.15) is 73.5 Å². The van der Waals surface area contributed by atoms with Crippen LogP contribution in [0.4, 0.5) is 8.63 Å². The average Bonchev–Trinajstić information content (AvgIpc) is 3.25. The van der Waals surface area contributed by atoms with Crippen LogP contribution >= 0.6 is 0 Å². The molecule has 0 atom stereocenters. The fraction of sp³-hybridized carbons (Fsp3) is 0.400. The smallest absolute Gasteiger partial charge is 0.329 e. The molecule has 2 heterocycles. The summed E-state index contributed by atoms with van der Waals surface area (Å²) in [5.74, 6) is 0. The van der Waals surface area contributed by atoms with Gasteiger partial charge >= 0.3 is 7.40 Å². The molecule has 0 unspecified atom stereocenters. The number of allylic oxidation sites excluding steroid dienone is 2. The first-order valence-corrected chi connectivity index (χ1v) is 11.2. The van der Waals surface area contributed by atoms with Crippen LogP contribution in [-0.2, 0) is 12.8 Å². The molecule has 3 aliphatic rings. The molecular formula is C25H27BF2N2. The van der Waals surface area contributed by atoms with E-state index in [4.69, 9.17) is 4.99 Å². The Bertz CT molecular complexity index is 1090. The average molecular weight is 404 g/mol. The maximum atomic E-state index is 14.4. The van der Waals surface area contributed by atoms with Crippen LogP contribution in [0.3, 0.4) is 0 Å². The van der Waals surface area contributed by atoms with Gasteiger partial charge in [0.2, 0.25) is 0 Å². The number of nitrogens with zero attached hydrogens (tertiary/aromatic N) is 2. The van der Waals surface area contributed by atoms with E-state index in [0.717, 1.165) is 84.3 Å². The van der Waals surface area contributed by atoms with Gasteiger partial charge in [0, 0.05) is 22.7 Å². The minimum Gasteiger partial charge on any atom is -0.329 e. The summed E-state index contributed by atoms with van der Waals surface area (Å²) in [7, 11) is -2.56. The molecule has 1 aromatic heterocycles. The molecule has 154 valence electrons. The maximum absolute atomic E-state index is 14.4. The Balaban J connectivity index is 1.87. The minimum atomic E-state index is -2.56. The van der Waals surface area contributed by atoms with E-state index in [-0.39, 0.29) is 0 Å². The molecule has 5 heteroatoms. The topological polar surface area (TPSA) is 17.3 Å². The first-order chi connectivity index (χ1) is 14.6. The van der Waals surface area contributed by atoms with Crippen molar-refractivity contribution in [3.63, 3.8) is 0 Å². The lowest BCUT2D eigenvalue weighted by atomic mass is 9.84. The molecule has 1 aliphatic heterocycles. The Kier molecular flexibility index (Phi) is 5.00. The second-order valence-corrected chi connectivity index (χ2v) is 8.70. The number of aliphatic imine (C=N–C) groups is 1. The van der Waals surface area contributed by atoms with Gasteiger partial charge < -0.3 is 4.48 Å². The molecule has 0 spiro atoms. The van der Waals surface area contributed by atoms with Crippen molar-refractivity contribution in [2.45, 2.75) is 65.2 Å². The van der Waals surface area contributed by atoms with Crippen molar-refractivity contribution < 1.29 is 8.63 Å². The number of aromatic nitrogens is 1. The van der Waals surface area contributed by atoms with Crippen LogP contribution in [0, 0.1) is 6.92 Å². The molecule has 2 aliphatic carbocycles. The summed E-state index contributed by atoms with van der Waals surface area (Å²) in [6.07, 6.45) is 8.24. The Morgan fingerprint density at radius 2 is 1.50 bits per heavy atom. The highest BCUT2D eigenvalue weighted by Crippen LogP contribution is 2.45. The molecule has 0 saturated heterocycles. The molecule has 2 nitrogen and oxygen atoms in total. The zero-order valence-electron chi connectivity index (χ0n) is 17.8. The third-order valence-corrected chi connectivity index (χ3v) is 6.99. The summed E-state index contributed by atoms with van der Waals surface area (Å²) in [6, 6.07) is 10.1.